The van der Waals surface area contributed by atoms with E-state index in [1.54, 1.807) is 24.3 Å². The van der Waals surface area contributed by atoms with Gasteiger partial charge in [0.2, 0.25) is 0 Å². The first-order chi connectivity index (χ1) is 9.94. The second-order valence-electron chi connectivity index (χ2n) is 7.33. The van der Waals surface area contributed by atoms with Crippen LogP contribution in [-0.4, -0.2) is 35.9 Å². The maximum absolute atomic E-state index is 12.4. The Morgan fingerprint density at radius 3 is 2.00 bits per heavy atom. The van der Waals surface area contributed by atoms with E-state index in [1.807, 2.05) is 34.6 Å². The fourth-order valence-corrected chi connectivity index (χ4v) is 4.26. The normalized spacial score (nSPS) is 22.6. The molecular weight excluding hydrogens is 302 g/mol. The van der Waals surface area contributed by atoms with Crippen LogP contribution in [0.15, 0.2) is 29.2 Å². The van der Waals surface area contributed by atoms with E-state index in [1.165, 1.54) is 5.06 Å². The first kappa shape index (κ1) is 17.4. The highest BCUT2D eigenvalue weighted by molar-refractivity contribution is 7.86. The quantitative estimate of drug-likeness (QED) is 0.864. The van der Waals surface area contributed by atoms with Crippen molar-refractivity contribution in [3.8, 4) is 0 Å². The van der Waals surface area contributed by atoms with Crippen LogP contribution in [0, 0.1) is 6.92 Å². The lowest BCUT2D eigenvalue weighted by molar-refractivity contribution is -0.254. The zero-order valence-electron chi connectivity index (χ0n) is 13.8. The van der Waals surface area contributed by atoms with Gasteiger partial charge in [-0.05, 0) is 59.6 Å². The Kier molecular flexibility index (Phi) is 4.43. The standard InChI is InChI=1S/C16H25NO4S/c1-12-6-8-14(9-7-12)22(19,20)21-13-10-15(2,3)17(18)16(4,5)11-13/h6-9,13,18H,10-11H2,1-5H3. The third kappa shape index (κ3) is 3.51. The van der Waals surface area contributed by atoms with E-state index >= 15 is 0 Å². The van der Waals surface area contributed by atoms with Gasteiger partial charge in [0, 0.05) is 11.1 Å². The van der Waals surface area contributed by atoms with Crippen LogP contribution in [0.25, 0.3) is 0 Å². The Morgan fingerprint density at radius 2 is 1.55 bits per heavy atom. The predicted octanol–water partition coefficient (Wildman–Crippen LogP) is 3.11. The first-order valence-corrected chi connectivity index (χ1v) is 8.84. The van der Waals surface area contributed by atoms with Crippen LogP contribution in [0.5, 0.6) is 0 Å². The van der Waals surface area contributed by atoms with E-state index in [-0.39, 0.29) is 4.90 Å². The summed E-state index contributed by atoms with van der Waals surface area (Å²) in [7, 11) is -3.79. The van der Waals surface area contributed by atoms with E-state index in [9.17, 15) is 13.6 Å². The largest absolute Gasteiger partial charge is 0.313 e. The molecule has 0 spiro atoms. The molecule has 1 saturated heterocycles. The maximum Gasteiger partial charge on any atom is 0.297 e. The van der Waals surface area contributed by atoms with E-state index in [4.69, 9.17) is 4.18 Å². The molecule has 0 unspecified atom stereocenters. The second-order valence-corrected chi connectivity index (χ2v) is 8.90. The van der Waals surface area contributed by atoms with Gasteiger partial charge in [-0.15, -0.1) is 0 Å². The van der Waals surface area contributed by atoms with Gasteiger partial charge in [-0.1, -0.05) is 17.7 Å². The predicted molar refractivity (Wildman–Crippen MR) is 84.3 cm³/mol. The number of hydroxylamine groups is 2. The average molecular weight is 327 g/mol. The molecule has 5 nitrogen and oxygen atoms in total. The molecule has 0 atom stereocenters. The van der Waals surface area contributed by atoms with Crippen LogP contribution in [0.4, 0.5) is 0 Å². The van der Waals surface area contributed by atoms with Crippen molar-refractivity contribution in [2.45, 2.75) is 69.5 Å². The highest BCUT2D eigenvalue weighted by atomic mass is 32.2. The van der Waals surface area contributed by atoms with Crippen LogP contribution in [0.1, 0.15) is 46.1 Å². The Morgan fingerprint density at radius 1 is 1.09 bits per heavy atom. The van der Waals surface area contributed by atoms with Crippen molar-refractivity contribution >= 4 is 10.1 Å². The molecule has 1 N–H and O–H groups in total. The molecule has 1 aromatic carbocycles. The van der Waals surface area contributed by atoms with Crippen molar-refractivity contribution in [3.05, 3.63) is 29.8 Å². The molecule has 0 amide bonds. The molecule has 2 rings (SSSR count). The number of hydrogen-bond acceptors (Lipinski definition) is 5. The van der Waals surface area contributed by atoms with Gasteiger partial charge in [0.15, 0.2) is 0 Å². The van der Waals surface area contributed by atoms with E-state index < -0.39 is 27.3 Å². The third-order valence-electron chi connectivity index (χ3n) is 4.17. The van der Waals surface area contributed by atoms with Crippen molar-refractivity contribution < 1.29 is 17.8 Å². The lowest BCUT2D eigenvalue weighted by Crippen LogP contribution is -2.60. The minimum atomic E-state index is -3.79. The SMILES string of the molecule is Cc1ccc(S(=O)(=O)OC2CC(C)(C)N(O)C(C)(C)C2)cc1. The molecule has 0 aliphatic carbocycles. The molecule has 6 heteroatoms. The van der Waals surface area contributed by atoms with E-state index in [0.717, 1.165) is 5.56 Å². The smallest absolute Gasteiger partial charge is 0.297 e. The fourth-order valence-electron chi connectivity index (χ4n) is 3.19. The monoisotopic (exact) mass is 327 g/mol. The van der Waals surface area contributed by atoms with Gasteiger partial charge in [0.25, 0.3) is 10.1 Å². The molecule has 22 heavy (non-hydrogen) atoms. The Balaban J connectivity index is 2.21. The van der Waals surface area contributed by atoms with Crippen LogP contribution in [0.2, 0.25) is 0 Å². The molecule has 0 bridgehead atoms. The number of benzene rings is 1. The summed E-state index contributed by atoms with van der Waals surface area (Å²) in [5, 5.41) is 11.6. The van der Waals surface area contributed by atoms with Gasteiger partial charge in [0.05, 0.1) is 11.0 Å². The average Bonchev–Trinajstić information content (AvgIpc) is 2.35. The zero-order chi connectivity index (χ0) is 16.8. The second kappa shape index (κ2) is 5.60. The summed E-state index contributed by atoms with van der Waals surface area (Å²) >= 11 is 0. The summed E-state index contributed by atoms with van der Waals surface area (Å²) in [5.41, 5.74) is -0.0976. The van der Waals surface area contributed by atoms with Crippen LogP contribution >= 0.6 is 0 Å². The van der Waals surface area contributed by atoms with Gasteiger partial charge in [-0.3, -0.25) is 4.18 Å². The zero-order valence-corrected chi connectivity index (χ0v) is 14.6. The van der Waals surface area contributed by atoms with Crippen LogP contribution < -0.4 is 0 Å². The van der Waals surface area contributed by atoms with Crippen molar-refractivity contribution in [3.63, 3.8) is 0 Å². The fraction of sp³-hybridized carbons (Fsp3) is 0.625. The Labute approximate surface area is 133 Å². The third-order valence-corrected chi connectivity index (χ3v) is 5.55. The number of nitrogens with zero attached hydrogens (tertiary/aromatic N) is 1. The number of hydrogen-bond donors (Lipinski definition) is 1. The van der Waals surface area contributed by atoms with Crippen molar-refractivity contribution in [2.24, 2.45) is 0 Å². The molecule has 1 fully saturated rings. The number of aryl methyl sites for hydroxylation is 1. The highest BCUT2D eigenvalue weighted by Gasteiger charge is 2.46. The maximum atomic E-state index is 12.4. The topological polar surface area (TPSA) is 66.8 Å². The van der Waals surface area contributed by atoms with Gasteiger partial charge >= 0.3 is 0 Å². The summed E-state index contributed by atoms with van der Waals surface area (Å²) in [6.07, 6.45) is 0.426. The minimum Gasteiger partial charge on any atom is -0.313 e. The summed E-state index contributed by atoms with van der Waals surface area (Å²) in [5.74, 6) is 0. The summed E-state index contributed by atoms with van der Waals surface area (Å²) in [6, 6.07) is 6.62. The molecule has 0 saturated carbocycles. The van der Waals surface area contributed by atoms with Crippen molar-refractivity contribution in [1.29, 1.82) is 0 Å². The van der Waals surface area contributed by atoms with E-state index in [0.29, 0.717) is 12.8 Å². The lowest BCUT2D eigenvalue weighted by atomic mass is 9.80. The molecule has 1 heterocycles. The summed E-state index contributed by atoms with van der Waals surface area (Å²) in [4.78, 5) is 0.167. The van der Waals surface area contributed by atoms with Gasteiger partial charge < -0.3 is 5.21 Å². The highest BCUT2D eigenvalue weighted by Crippen LogP contribution is 2.38. The summed E-state index contributed by atoms with van der Waals surface area (Å²) in [6.45, 7) is 9.41. The van der Waals surface area contributed by atoms with Crippen LogP contribution in [0.3, 0.4) is 0 Å². The molecule has 124 valence electrons. The van der Waals surface area contributed by atoms with Crippen molar-refractivity contribution in [1.82, 2.24) is 5.06 Å². The molecule has 1 aliphatic rings. The number of piperidine rings is 1. The number of rotatable bonds is 3. The molecule has 1 aromatic rings. The van der Waals surface area contributed by atoms with Gasteiger partial charge in [0.1, 0.15) is 0 Å². The van der Waals surface area contributed by atoms with Gasteiger partial charge in [-0.25, -0.2) is 0 Å². The lowest BCUT2D eigenvalue weighted by Gasteiger charge is -2.50. The summed E-state index contributed by atoms with van der Waals surface area (Å²) < 4.78 is 30.3. The van der Waals surface area contributed by atoms with Crippen LogP contribution in [-0.2, 0) is 14.3 Å². The molecule has 0 radical (unpaired) electrons. The Hall–Kier alpha value is -0.950. The van der Waals surface area contributed by atoms with E-state index in [2.05, 4.69) is 0 Å². The molecular formula is C16H25NO4S. The first-order valence-electron chi connectivity index (χ1n) is 7.43. The molecule has 1 aliphatic heterocycles. The Bertz CT molecular complexity index is 617. The molecule has 0 aromatic heterocycles. The van der Waals surface area contributed by atoms with Crippen molar-refractivity contribution in [2.75, 3.05) is 0 Å². The van der Waals surface area contributed by atoms with Gasteiger partial charge in [-0.2, -0.15) is 13.5 Å². The minimum absolute atomic E-state index is 0.167.